The molecular formula is C22H19N3O2S. The molecule has 5 nitrogen and oxygen atoms in total. The molecule has 6 heteroatoms. The van der Waals surface area contributed by atoms with Crippen molar-refractivity contribution in [3.8, 4) is 22.6 Å². The zero-order valence-corrected chi connectivity index (χ0v) is 16.4. The predicted octanol–water partition coefficient (Wildman–Crippen LogP) is 5.01. The summed E-state index contributed by atoms with van der Waals surface area (Å²) in [7, 11) is 0. The third-order valence-corrected chi connectivity index (χ3v) is 5.35. The van der Waals surface area contributed by atoms with E-state index in [-0.39, 0.29) is 5.91 Å². The van der Waals surface area contributed by atoms with Crippen molar-refractivity contribution in [2.75, 3.05) is 0 Å². The Hall–Kier alpha value is -3.25. The summed E-state index contributed by atoms with van der Waals surface area (Å²) >= 11 is 1.63. The van der Waals surface area contributed by atoms with Crippen LogP contribution in [0.4, 0.5) is 0 Å². The second kappa shape index (κ2) is 7.78. The van der Waals surface area contributed by atoms with Crippen LogP contribution < -0.4 is 5.32 Å². The summed E-state index contributed by atoms with van der Waals surface area (Å²) in [6.45, 7) is 4.37. The van der Waals surface area contributed by atoms with Gasteiger partial charge in [0.25, 0.3) is 5.91 Å². The van der Waals surface area contributed by atoms with E-state index in [0.29, 0.717) is 23.9 Å². The van der Waals surface area contributed by atoms with E-state index in [9.17, 15) is 4.79 Å². The number of aryl methyl sites for hydroxylation is 2. The van der Waals surface area contributed by atoms with Gasteiger partial charge in [-0.3, -0.25) is 4.79 Å². The van der Waals surface area contributed by atoms with Crippen LogP contribution >= 0.6 is 11.3 Å². The second-order valence-electron chi connectivity index (χ2n) is 6.50. The molecule has 0 radical (unpaired) electrons. The van der Waals surface area contributed by atoms with E-state index in [1.54, 1.807) is 18.3 Å². The summed E-state index contributed by atoms with van der Waals surface area (Å²) in [5.74, 6) is 0.963. The van der Waals surface area contributed by atoms with Crippen molar-refractivity contribution < 1.29 is 9.21 Å². The van der Waals surface area contributed by atoms with Crippen LogP contribution in [0, 0.1) is 13.8 Å². The average molecular weight is 389 g/mol. The maximum absolute atomic E-state index is 12.4. The van der Waals surface area contributed by atoms with Crippen molar-refractivity contribution >= 4 is 17.2 Å². The van der Waals surface area contributed by atoms with Crippen LogP contribution in [0.1, 0.15) is 26.7 Å². The normalized spacial score (nSPS) is 10.8. The lowest BCUT2D eigenvalue weighted by Crippen LogP contribution is -2.22. The number of carbonyl (C=O) groups is 1. The van der Waals surface area contributed by atoms with Crippen molar-refractivity contribution in [2.24, 2.45) is 0 Å². The van der Waals surface area contributed by atoms with Crippen LogP contribution in [0.5, 0.6) is 0 Å². The standard InChI is InChI=1S/C22H19N3O2S/c1-14-5-6-18(22-25-24-15(2)27-22)12-20(14)16-7-9-17(10-8-16)21(26)23-13-19-4-3-11-28-19/h3-12H,13H2,1-2H3,(H,23,26). The largest absolute Gasteiger partial charge is 0.421 e. The molecule has 0 fully saturated rings. The topological polar surface area (TPSA) is 68.0 Å². The first-order valence-corrected chi connectivity index (χ1v) is 9.80. The maximum Gasteiger partial charge on any atom is 0.251 e. The number of thiophene rings is 1. The van der Waals surface area contributed by atoms with Gasteiger partial charge in [-0.1, -0.05) is 24.3 Å². The number of aromatic nitrogens is 2. The highest BCUT2D eigenvalue weighted by atomic mass is 32.1. The highest BCUT2D eigenvalue weighted by Crippen LogP contribution is 2.29. The minimum atomic E-state index is -0.0771. The lowest BCUT2D eigenvalue weighted by molar-refractivity contribution is 0.0951. The molecule has 0 aliphatic rings. The summed E-state index contributed by atoms with van der Waals surface area (Å²) in [4.78, 5) is 13.5. The zero-order chi connectivity index (χ0) is 19.5. The third kappa shape index (κ3) is 3.87. The number of rotatable bonds is 5. The van der Waals surface area contributed by atoms with Gasteiger partial charge in [0.05, 0.1) is 6.54 Å². The molecule has 0 bridgehead atoms. The Morgan fingerprint density at radius 1 is 1.04 bits per heavy atom. The Balaban J connectivity index is 1.54. The number of nitrogens with zero attached hydrogens (tertiary/aromatic N) is 2. The fourth-order valence-corrected chi connectivity index (χ4v) is 3.61. The van der Waals surface area contributed by atoms with Crippen molar-refractivity contribution in [3.05, 3.63) is 81.9 Å². The zero-order valence-electron chi connectivity index (χ0n) is 15.6. The van der Waals surface area contributed by atoms with Gasteiger partial charge in [0.15, 0.2) is 0 Å². The smallest absolute Gasteiger partial charge is 0.251 e. The summed E-state index contributed by atoms with van der Waals surface area (Å²) in [6, 6.07) is 17.7. The Morgan fingerprint density at radius 2 is 1.82 bits per heavy atom. The molecule has 0 atom stereocenters. The van der Waals surface area contributed by atoms with Gasteiger partial charge in [0, 0.05) is 22.9 Å². The first-order valence-electron chi connectivity index (χ1n) is 8.92. The lowest BCUT2D eigenvalue weighted by atomic mass is 9.97. The van der Waals surface area contributed by atoms with Crippen molar-refractivity contribution in [1.82, 2.24) is 15.5 Å². The van der Waals surface area contributed by atoms with Gasteiger partial charge < -0.3 is 9.73 Å². The van der Waals surface area contributed by atoms with Crippen LogP contribution in [0.2, 0.25) is 0 Å². The molecule has 0 spiro atoms. The minimum Gasteiger partial charge on any atom is -0.421 e. The summed E-state index contributed by atoms with van der Waals surface area (Å²) in [5.41, 5.74) is 4.75. The molecule has 0 saturated heterocycles. The highest BCUT2D eigenvalue weighted by molar-refractivity contribution is 7.09. The summed E-state index contributed by atoms with van der Waals surface area (Å²) < 4.78 is 5.53. The molecule has 0 saturated carbocycles. The first-order chi connectivity index (χ1) is 13.6. The van der Waals surface area contributed by atoms with Gasteiger partial charge >= 0.3 is 0 Å². The van der Waals surface area contributed by atoms with Crippen LogP contribution in [0.15, 0.2) is 64.4 Å². The van der Waals surface area contributed by atoms with Crippen LogP contribution in [0.3, 0.4) is 0 Å². The maximum atomic E-state index is 12.4. The van der Waals surface area contributed by atoms with E-state index >= 15 is 0 Å². The molecule has 2 aromatic heterocycles. The number of amides is 1. The molecular weight excluding hydrogens is 370 g/mol. The number of carbonyl (C=O) groups excluding carboxylic acids is 1. The fraction of sp³-hybridized carbons (Fsp3) is 0.136. The molecule has 1 N–H and O–H groups in total. The van der Waals surface area contributed by atoms with E-state index in [1.807, 2.05) is 60.0 Å². The molecule has 4 aromatic rings. The van der Waals surface area contributed by atoms with Crippen LogP contribution in [0.25, 0.3) is 22.6 Å². The van der Waals surface area contributed by atoms with Crippen molar-refractivity contribution in [1.29, 1.82) is 0 Å². The van der Waals surface area contributed by atoms with Gasteiger partial charge in [-0.05, 0) is 59.3 Å². The van der Waals surface area contributed by atoms with E-state index in [0.717, 1.165) is 27.1 Å². The van der Waals surface area contributed by atoms with Crippen molar-refractivity contribution in [2.45, 2.75) is 20.4 Å². The molecule has 140 valence electrons. The Labute approximate surface area is 167 Å². The number of nitrogens with one attached hydrogen (secondary N) is 1. The fourth-order valence-electron chi connectivity index (χ4n) is 2.96. The third-order valence-electron chi connectivity index (χ3n) is 4.47. The Morgan fingerprint density at radius 3 is 2.50 bits per heavy atom. The van der Waals surface area contributed by atoms with E-state index in [1.165, 1.54) is 0 Å². The first kappa shape index (κ1) is 18.1. The SMILES string of the molecule is Cc1nnc(-c2ccc(C)c(-c3ccc(C(=O)NCc4cccs4)cc3)c2)o1. The van der Waals surface area contributed by atoms with Crippen molar-refractivity contribution in [3.63, 3.8) is 0 Å². The van der Waals surface area contributed by atoms with E-state index < -0.39 is 0 Å². The molecule has 2 aromatic carbocycles. The minimum absolute atomic E-state index is 0.0771. The average Bonchev–Trinajstić information content (AvgIpc) is 3.38. The molecule has 1 amide bonds. The van der Waals surface area contributed by atoms with Gasteiger partial charge in [0.1, 0.15) is 0 Å². The predicted molar refractivity (Wildman–Crippen MR) is 110 cm³/mol. The van der Waals surface area contributed by atoms with Gasteiger partial charge in [-0.15, -0.1) is 21.5 Å². The van der Waals surface area contributed by atoms with Gasteiger partial charge in [-0.25, -0.2) is 0 Å². The monoisotopic (exact) mass is 389 g/mol. The Bertz CT molecular complexity index is 1100. The second-order valence-corrected chi connectivity index (χ2v) is 7.53. The van der Waals surface area contributed by atoms with E-state index in [4.69, 9.17) is 4.42 Å². The Kier molecular flexibility index (Phi) is 5.04. The molecule has 0 aliphatic carbocycles. The number of benzene rings is 2. The number of hydrogen-bond donors (Lipinski definition) is 1. The van der Waals surface area contributed by atoms with Crippen LogP contribution in [-0.4, -0.2) is 16.1 Å². The van der Waals surface area contributed by atoms with Crippen LogP contribution in [-0.2, 0) is 6.54 Å². The van der Waals surface area contributed by atoms with Gasteiger partial charge in [-0.2, -0.15) is 0 Å². The molecule has 4 rings (SSSR count). The molecule has 28 heavy (non-hydrogen) atoms. The highest BCUT2D eigenvalue weighted by Gasteiger charge is 2.11. The quantitative estimate of drug-likeness (QED) is 0.521. The lowest BCUT2D eigenvalue weighted by Gasteiger charge is -2.09. The summed E-state index contributed by atoms with van der Waals surface area (Å²) in [6.07, 6.45) is 0. The molecule has 0 aliphatic heterocycles. The number of hydrogen-bond acceptors (Lipinski definition) is 5. The van der Waals surface area contributed by atoms with E-state index in [2.05, 4.69) is 22.4 Å². The molecule has 0 unspecified atom stereocenters. The summed E-state index contributed by atoms with van der Waals surface area (Å²) in [5, 5.41) is 12.9. The molecule has 2 heterocycles. The van der Waals surface area contributed by atoms with Gasteiger partial charge in [0.2, 0.25) is 11.8 Å².